The van der Waals surface area contributed by atoms with E-state index in [1.807, 2.05) is 6.92 Å². The molecular weight excluding hydrogens is 257 g/mol. The molecule has 2 unspecified atom stereocenters. The normalized spacial score (nSPS) is 27.5. The van der Waals surface area contributed by atoms with E-state index < -0.39 is 12.0 Å². The molecule has 1 fully saturated rings. The summed E-state index contributed by atoms with van der Waals surface area (Å²) in [5.74, 6) is 0.0539. The van der Waals surface area contributed by atoms with Gasteiger partial charge in [0.2, 0.25) is 0 Å². The van der Waals surface area contributed by atoms with Gasteiger partial charge in [-0.1, -0.05) is 31.5 Å². The van der Waals surface area contributed by atoms with Crippen molar-refractivity contribution >= 4 is 0 Å². The number of hydrogen-bond acceptors (Lipinski definition) is 2. The van der Waals surface area contributed by atoms with Crippen LogP contribution in [0.15, 0.2) is 24.3 Å². The van der Waals surface area contributed by atoms with Gasteiger partial charge < -0.3 is 9.84 Å². The second-order valence-corrected chi connectivity index (χ2v) is 5.09. The minimum atomic E-state index is -4.74. The van der Waals surface area contributed by atoms with Gasteiger partial charge in [0.15, 0.2) is 0 Å². The molecular formula is C14H17F3O2. The van der Waals surface area contributed by atoms with Gasteiger partial charge in [0.1, 0.15) is 5.75 Å². The summed E-state index contributed by atoms with van der Waals surface area (Å²) in [5.41, 5.74) is -0.967. The number of rotatable bonds is 3. The van der Waals surface area contributed by atoms with Crippen LogP contribution in [-0.4, -0.2) is 11.5 Å². The lowest BCUT2D eigenvalue weighted by molar-refractivity contribution is -0.275. The Morgan fingerprint density at radius 3 is 2.63 bits per heavy atom. The highest BCUT2D eigenvalue weighted by Crippen LogP contribution is 2.46. The summed E-state index contributed by atoms with van der Waals surface area (Å²) >= 11 is 0. The molecule has 0 spiro atoms. The summed E-state index contributed by atoms with van der Waals surface area (Å²) < 4.78 is 41.1. The van der Waals surface area contributed by atoms with Gasteiger partial charge in [0, 0.05) is 5.56 Å². The molecule has 0 aromatic heterocycles. The number of ether oxygens (including phenoxy) is 1. The van der Waals surface area contributed by atoms with Crippen molar-refractivity contribution < 1.29 is 23.0 Å². The molecule has 0 bridgehead atoms. The van der Waals surface area contributed by atoms with E-state index in [9.17, 15) is 18.3 Å². The number of alkyl halides is 3. The molecule has 19 heavy (non-hydrogen) atoms. The van der Waals surface area contributed by atoms with Crippen LogP contribution in [0.5, 0.6) is 5.75 Å². The second-order valence-electron chi connectivity index (χ2n) is 5.09. The fourth-order valence-electron chi connectivity index (χ4n) is 2.78. The third-order valence-corrected chi connectivity index (χ3v) is 3.78. The molecule has 1 aliphatic carbocycles. The van der Waals surface area contributed by atoms with Crippen molar-refractivity contribution in [2.45, 2.75) is 44.6 Å². The Morgan fingerprint density at radius 1 is 1.37 bits per heavy atom. The van der Waals surface area contributed by atoms with Crippen LogP contribution in [0, 0.1) is 5.92 Å². The largest absolute Gasteiger partial charge is 0.573 e. The smallest absolute Gasteiger partial charge is 0.405 e. The Bertz CT molecular complexity index is 445. The molecule has 1 aliphatic rings. The Kier molecular flexibility index (Phi) is 3.76. The molecule has 0 heterocycles. The van der Waals surface area contributed by atoms with E-state index in [1.54, 1.807) is 6.07 Å². The molecule has 2 nitrogen and oxygen atoms in total. The van der Waals surface area contributed by atoms with E-state index in [1.165, 1.54) is 18.2 Å². The number of benzene rings is 1. The van der Waals surface area contributed by atoms with E-state index >= 15 is 0 Å². The monoisotopic (exact) mass is 274 g/mol. The predicted molar refractivity (Wildman–Crippen MR) is 64.7 cm³/mol. The highest BCUT2D eigenvalue weighted by atomic mass is 19.4. The third-order valence-electron chi connectivity index (χ3n) is 3.78. The molecule has 0 saturated heterocycles. The van der Waals surface area contributed by atoms with E-state index in [2.05, 4.69) is 4.74 Å². The molecule has 0 aliphatic heterocycles. The van der Waals surface area contributed by atoms with Gasteiger partial charge >= 0.3 is 6.36 Å². The van der Waals surface area contributed by atoms with Gasteiger partial charge in [0.05, 0.1) is 5.60 Å². The van der Waals surface area contributed by atoms with Crippen molar-refractivity contribution in [3.63, 3.8) is 0 Å². The first-order valence-electron chi connectivity index (χ1n) is 6.42. The summed E-state index contributed by atoms with van der Waals surface area (Å²) in [6.07, 6.45) is -2.03. The molecule has 2 rings (SSSR count). The van der Waals surface area contributed by atoms with Gasteiger partial charge in [-0.3, -0.25) is 0 Å². The summed E-state index contributed by atoms with van der Waals surface area (Å²) in [4.78, 5) is 0. The molecule has 1 aromatic rings. The molecule has 0 amide bonds. The van der Waals surface area contributed by atoms with E-state index in [0.29, 0.717) is 18.8 Å². The van der Waals surface area contributed by atoms with Crippen molar-refractivity contribution in [1.29, 1.82) is 0 Å². The van der Waals surface area contributed by atoms with Crippen LogP contribution in [0.2, 0.25) is 0 Å². The maximum atomic E-state index is 12.4. The fraction of sp³-hybridized carbons (Fsp3) is 0.571. The zero-order valence-electron chi connectivity index (χ0n) is 10.7. The predicted octanol–water partition coefficient (Wildman–Crippen LogP) is 3.98. The molecule has 5 heteroatoms. The zero-order chi connectivity index (χ0) is 14.1. The van der Waals surface area contributed by atoms with E-state index in [4.69, 9.17) is 0 Å². The average molecular weight is 274 g/mol. The van der Waals surface area contributed by atoms with Crippen LogP contribution in [0.1, 0.15) is 38.2 Å². The molecule has 106 valence electrons. The van der Waals surface area contributed by atoms with Crippen LogP contribution in [-0.2, 0) is 5.60 Å². The van der Waals surface area contributed by atoms with Crippen molar-refractivity contribution in [3.8, 4) is 5.75 Å². The van der Waals surface area contributed by atoms with Crippen LogP contribution >= 0.6 is 0 Å². The first-order chi connectivity index (χ1) is 8.84. The van der Waals surface area contributed by atoms with Crippen molar-refractivity contribution in [1.82, 2.24) is 0 Å². The minimum absolute atomic E-state index is 0.239. The van der Waals surface area contributed by atoms with Gasteiger partial charge in [0.25, 0.3) is 0 Å². The average Bonchev–Trinajstić information content (AvgIpc) is 2.71. The molecule has 2 atom stereocenters. The number of para-hydroxylation sites is 1. The SMILES string of the molecule is CCC1CCC(O)(c2ccccc2OC(F)(F)F)C1. The summed E-state index contributed by atoms with van der Waals surface area (Å²) in [5, 5.41) is 10.6. The number of aliphatic hydroxyl groups is 1. The zero-order valence-corrected chi connectivity index (χ0v) is 10.7. The van der Waals surface area contributed by atoms with Gasteiger partial charge in [-0.15, -0.1) is 13.2 Å². The third kappa shape index (κ3) is 3.21. The fourth-order valence-corrected chi connectivity index (χ4v) is 2.78. The highest BCUT2D eigenvalue weighted by molar-refractivity contribution is 5.38. The lowest BCUT2D eigenvalue weighted by Crippen LogP contribution is -2.25. The first kappa shape index (κ1) is 14.2. The Labute approximate surface area is 110 Å². The van der Waals surface area contributed by atoms with Crippen molar-refractivity contribution in [2.75, 3.05) is 0 Å². The van der Waals surface area contributed by atoms with Crippen LogP contribution < -0.4 is 4.74 Å². The Hall–Kier alpha value is -1.23. The quantitative estimate of drug-likeness (QED) is 0.903. The molecule has 1 aromatic carbocycles. The lowest BCUT2D eigenvalue weighted by atomic mass is 9.90. The van der Waals surface area contributed by atoms with Gasteiger partial charge in [-0.2, -0.15) is 0 Å². The van der Waals surface area contributed by atoms with Crippen LogP contribution in [0.3, 0.4) is 0 Å². The Morgan fingerprint density at radius 2 is 2.05 bits per heavy atom. The number of halogens is 3. The van der Waals surface area contributed by atoms with Crippen LogP contribution in [0.4, 0.5) is 13.2 Å². The maximum Gasteiger partial charge on any atom is 0.573 e. The number of hydrogen-bond donors (Lipinski definition) is 1. The summed E-state index contributed by atoms with van der Waals surface area (Å²) in [6, 6.07) is 5.86. The van der Waals surface area contributed by atoms with Crippen molar-refractivity contribution in [3.05, 3.63) is 29.8 Å². The summed E-state index contributed by atoms with van der Waals surface area (Å²) in [7, 11) is 0. The first-order valence-corrected chi connectivity index (χ1v) is 6.42. The Balaban J connectivity index is 2.30. The van der Waals surface area contributed by atoms with E-state index in [0.717, 1.165) is 12.8 Å². The van der Waals surface area contributed by atoms with E-state index in [-0.39, 0.29) is 11.3 Å². The van der Waals surface area contributed by atoms with Crippen LogP contribution in [0.25, 0.3) is 0 Å². The maximum absolute atomic E-state index is 12.4. The molecule has 1 N–H and O–H groups in total. The van der Waals surface area contributed by atoms with Gasteiger partial charge in [-0.25, -0.2) is 0 Å². The minimum Gasteiger partial charge on any atom is -0.405 e. The highest BCUT2D eigenvalue weighted by Gasteiger charge is 2.41. The van der Waals surface area contributed by atoms with Gasteiger partial charge in [-0.05, 0) is 31.2 Å². The summed E-state index contributed by atoms with van der Waals surface area (Å²) in [6.45, 7) is 2.02. The molecule has 0 radical (unpaired) electrons. The molecule has 1 saturated carbocycles. The topological polar surface area (TPSA) is 29.5 Å². The lowest BCUT2D eigenvalue weighted by Gasteiger charge is -2.26. The standard InChI is InChI=1S/C14H17F3O2/c1-2-10-7-8-13(18,9-10)11-5-3-4-6-12(11)19-14(15,16)17/h3-6,10,18H,2,7-9H2,1H3. The second kappa shape index (κ2) is 5.04. The van der Waals surface area contributed by atoms with Crippen molar-refractivity contribution in [2.24, 2.45) is 5.92 Å².